The Morgan fingerprint density at radius 2 is 2.15 bits per heavy atom. The predicted octanol–water partition coefficient (Wildman–Crippen LogP) is 1.49. The quantitative estimate of drug-likeness (QED) is 0.742. The maximum Gasteiger partial charge on any atom is 0.223 e. The molecule has 4 nitrogen and oxygen atoms in total. The molecule has 0 aliphatic rings. The van der Waals surface area contributed by atoms with Crippen LogP contribution >= 0.6 is 0 Å². The van der Waals surface area contributed by atoms with Crippen molar-refractivity contribution in [2.24, 2.45) is 0 Å². The van der Waals surface area contributed by atoms with E-state index in [9.17, 15) is 4.79 Å². The van der Waals surface area contributed by atoms with Gasteiger partial charge in [0.15, 0.2) is 0 Å². The van der Waals surface area contributed by atoms with Crippen LogP contribution in [0.3, 0.4) is 0 Å². The molecule has 0 saturated heterocycles. The van der Waals surface area contributed by atoms with Gasteiger partial charge in [-0.25, -0.2) is 4.98 Å². The predicted molar refractivity (Wildman–Crippen MR) is 51.6 cm³/mol. The van der Waals surface area contributed by atoms with E-state index in [-0.39, 0.29) is 5.91 Å². The molecular formula is C9H15N3O. The number of amides is 1. The number of aryl methyl sites for hydroxylation is 2. The van der Waals surface area contributed by atoms with Crippen LogP contribution in [-0.4, -0.2) is 15.9 Å². The monoisotopic (exact) mass is 181 g/mol. The third kappa shape index (κ3) is 2.31. The van der Waals surface area contributed by atoms with Crippen LogP contribution < -0.4 is 5.32 Å². The zero-order valence-electron chi connectivity index (χ0n) is 8.27. The van der Waals surface area contributed by atoms with Crippen molar-refractivity contribution in [1.29, 1.82) is 0 Å². The van der Waals surface area contributed by atoms with Crippen molar-refractivity contribution in [3.63, 3.8) is 0 Å². The first kappa shape index (κ1) is 9.77. The van der Waals surface area contributed by atoms with E-state index in [1.807, 2.05) is 6.92 Å². The highest BCUT2D eigenvalue weighted by Gasteiger charge is 2.06. The van der Waals surface area contributed by atoms with Gasteiger partial charge in [-0.15, -0.1) is 0 Å². The molecule has 0 aliphatic carbocycles. The van der Waals surface area contributed by atoms with Gasteiger partial charge in [0.1, 0.15) is 0 Å². The van der Waals surface area contributed by atoms with Gasteiger partial charge in [0.25, 0.3) is 0 Å². The molecule has 1 rings (SSSR count). The van der Waals surface area contributed by atoms with Gasteiger partial charge in [0.2, 0.25) is 11.9 Å². The molecule has 1 aromatic rings. The minimum Gasteiger partial charge on any atom is -0.328 e. The standard InChI is InChI=1S/C9H15N3O/c1-4-7-8(5-2)12-9(11-7)10-6(3)13/h4-5H2,1-3H3,(H2,10,11,12,13). The van der Waals surface area contributed by atoms with E-state index in [0.717, 1.165) is 24.2 Å². The van der Waals surface area contributed by atoms with E-state index < -0.39 is 0 Å². The van der Waals surface area contributed by atoms with E-state index in [1.165, 1.54) is 6.92 Å². The molecule has 2 N–H and O–H groups in total. The molecule has 0 spiro atoms. The maximum atomic E-state index is 10.7. The van der Waals surface area contributed by atoms with Crippen molar-refractivity contribution < 1.29 is 4.79 Å². The number of nitrogens with one attached hydrogen (secondary N) is 2. The van der Waals surface area contributed by atoms with Gasteiger partial charge < -0.3 is 4.98 Å². The van der Waals surface area contributed by atoms with Crippen molar-refractivity contribution in [2.75, 3.05) is 5.32 Å². The highest BCUT2D eigenvalue weighted by Crippen LogP contribution is 2.10. The zero-order chi connectivity index (χ0) is 9.84. The third-order valence-corrected chi connectivity index (χ3v) is 1.85. The lowest BCUT2D eigenvalue weighted by atomic mass is 10.2. The van der Waals surface area contributed by atoms with E-state index in [0.29, 0.717) is 5.95 Å². The van der Waals surface area contributed by atoms with E-state index in [4.69, 9.17) is 0 Å². The second-order valence-electron chi connectivity index (χ2n) is 2.90. The normalized spacial score (nSPS) is 10.1. The van der Waals surface area contributed by atoms with Gasteiger partial charge >= 0.3 is 0 Å². The number of rotatable bonds is 3. The average molecular weight is 181 g/mol. The molecule has 0 atom stereocenters. The number of hydrogen-bond donors (Lipinski definition) is 2. The van der Waals surface area contributed by atoms with Crippen LogP contribution in [0.2, 0.25) is 0 Å². The summed E-state index contributed by atoms with van der Waals surface area (Å²) in [5.74, 6) is 0.459. The second-order valence-corrected chi connectivity index (χ2v) is 2.90. The molecule has 0 bridgehead atoms. The third-order valence-electron chi connectivity index (χ3n) is 1.85. The summed E-state index contributed by atoms with van der Waals surface area (Å²) in [6.45, 7) is 5.58. The summed E-state index contributed by atoms with van der Waals surface area (Å²) in [4.78, 5) is 18.1. The summed E-state index contributed by atoms with van der Waals surface area (Å²) in [7, 11) is 0. The van der Waals surface area contributed by atoms with E-state index in [2.05, 4.69) is 22.2 Å². The molecule has 0 fully saturated rings. The molecule has 13 heavy (non-hydrogen) atoms. The van der Waals surface area contributed by atoms with Crippen LogP contribution in [0.1, 0.15) is 32.2 Å². The van der Waals surface area contributed by atoms with E-state index >= 15 is 0 Å². The number of anilines is 1. The SMILES string of the molecule is CCc1nc(NC(C)=O)[nH]c1CC. The van der Waals surface area contributed by atoms with Crippen LogP contribution in [0.4, 0.5) is 5.95 Å². The second kappa shape index (κ2) is 4.07. The van der Waals surface area contributed by atoms with Gasteiger partial charge in [-0.1, -0.05) is 13.8 Å². The highest BCUT2D eigenvalue weighted by molar-refractivity contribution is 5.86. The lowest BCUT2D eigenvalue weighted by Gasteiger charge is -1.93. The Hall–Kier alpha value is -1.32. The lowest BCUT2D eigenvalue weighted by Crippen LogP contribution is -2.07. The molecule has 0 aliphatic heterocycles. The summed E-state index contributed by atoms with van der Waals surface area (Å²) >= 11 is 0. The van der Waals surface area contributed by atoms with Crippen molar-refractivity contribution in [2.45, 2.75) is 33.6 Å². The fraction of sp³-hybridized carbons (Fsp3) is 0.556. The molecule has 1 amide bonds. The number of hydrogen-bond acceptors (Lipinski definition) is 2. The minimum atomic E-state index is -0.0981. The molecule has 0 radical (unpaired) electrons. The Bertz CT molecular complexity index is 282. The number of carbonyl (C=O) groups is 1. The summed E-state index contributed by atoms with van der Waals surface area (Å²) in [6.07, 6.45) is 1.80. The Balaban J connectivity index is 2.86. The fourth-order valence-corrected chi connectivity index (χ4v) is 1.26. The van der Waals surface area contributed by atoms with Crippen molar-refractivity contribution in [1.82, 2.24) is 9.97 Å². The lowest BCUT2D eigenvalue weighted by molar-refractivity contribution is -0.114. The first-order chi connectivity index (χ1) is 6.17. The van der Waals surface area contributed by atoms with Crippen molar-refractivity contribution in [3.8, 4) is 0 Å². The summed E-state index contributed by atoms with van der Waals surface area (Å²) in [5.41, 5.74) is 2.14. The number of H-pyrrole nitrogens is 1. The molecule has 0 saturated carbocycles. The maximum absolute atomic E-state index is 10.7. The number of carbonyl (C=O) groups excluding carboxylic acids is 1. The van der Waals surface area contributed by atoms with Gasteiger partial charge in [0.05, 0.1) is 5.69 Å². The number of aromatic nitrogens is 2. The summed E-state index contributed by atoms with van der Waals surface area (Å²) in [6, 6.07) is 0. The smallest absolute Gasteiger partial charge is 0.223 e. The van der Waals surface area contributed by atoms with Crippen LogP contribution in [0.15, 0.2) is 0 Å². The van der Waals surface area contributed by atoms with Gasteiger partial charge in [-0.05, 0) is 12.8 Å². The van der Waals surface area contributed by atoms with Crippen LogP contribution in [-0.2, 0) is 17.6 Å². The van der Waals surface area contributed by atoms with Gasteiger partial charge in [0, 0.05) is 12.6 Å². The van der Waals surface area contributed by atoms with Gasteiger partial charge in [-0.3, -0.25) is 10.1 Å². The molecule has 1 aromatic heterocycles. The Kier molecular flexibility index (Phi) is 3.06. The number of imidazole rings is 1. The Labute approximate surface area is 77.8 Å². The van der Waals surface area contributed by atoms with Crippen LogP contribution in [0.25, 0.3) is 0 Å². The number of aromatic amines is 1. The summed E-state index contributed by atoms with van der Waals surface area (Å²) < 4.78 is 0. The molecule has 72 valence electrons. The Morgan fingerprint density at radius 3 is 2.54 bits per heavy atom. The first-order valence-corrected chi connectivity index (χ1v) is 4.52. The van der Waals surface area contributed by atoms with Gasteiger partial charge in [-0.2, -0.15) is 0 Å². The highest BCUT2D eigenvalue weighted by atomic mass is 16.1. The topological polar surface area (TPSA) is 57.8 Å². The molecular weight excluding hydrogens is 166 g/mol. The Morgan fingerprint density at radius 1 is 1.46 bits per heavy atom. The van der Waals surface area contributed by atoms with Crippen molar-refractivity contribution >= 4 is 11.9 Å². The first-order valence-electron chi connectivity index (χ1n) is 4.52. The van der Waals surface area contributed by atoms with E-state index in [1.54, 1.807) is 0 Å². The molecule has 0 aromatic carbocycles. The number of nitrogens with zero attached hydrogens (tertiary/aromatic N) is 1. The molecule has 1 heterocycles. The summed E-state index contributed by atoms with van der Waals surface area (Å²) in [5, 5.41) is 2.63. The zero-order valence-corrected chi connectivity index (χ0v) is 8.27. The molecule has 4 heteroatoms. The van der Waals surface area contributed by atoms with Crippen LogP contribution in [0.5, 0.6) is 0 Å². The fourth-order valence-electron chi connectivity index (χ4n) is 1.26. The molecule has 0 unspecified atom stereocenters. The van der Waals surface area contributed by atoms with Crippen LogP contribution in [0, 0.1) is 0 Å². The average Bonchev–Trinajstić information content (AvgIpc) is 2.45. The van der Waals surface area contributed by atoms with Crippen molar-refractivity contribution in [3.05, 3.63) is 11.4 Å². The minimum absolute atomic E-state index is 0.0981. The largest absolute Gasteiger partial charge is 0.328 e.